The van der Waals surface area contributed by atoms with Crippen LogP contribution in [0, 0.1) is 0 Å². The molecule has 1 N–H and O–H groups in total. The molecule has 1 heterocycles. The quantitative estimate of drug-likeness (QED) is 0.521. The first kappa shape index (κ1) is 19.2. The minimum Gasteiger partial charge on any atom is -1.00 e. The van der Waals surface area contributed by atoms with E-state index in [1.54, 1.807) is 0 Å². The highest BCUT2D eigenvalue weighted by Gasteiger charge is 2.18. The lowest BCUT2D eigenvalue weighted by molar-refractivity contribution is -0.646. The highest BCUT2D eigenvalue weighted by molar-refractivity contribution is 5.71. The van der Waals surface area contributed by atoms with Gasteiger partial charge in [0.15, 0.2) is 17.3 Å². The first-order valence-corrected chi connectivity index (χ1v) is 8.37. The van der Waals surface area contributed by atoms with Gasteiger partial charge in [0.25, 0.3) is 0 Å². The lowest BCUT2D eigenvalue weighted by Crippen LogP contribution is -3.00. The topological polar surface area (TPSA) is 29.0 Å². The lowest BCUT2D eigenvalue weighted by atomic mass is 10.1. The van der Waals surface area contributed by atoms with E-state index in [9.17, 15) is 5.11 Å². The molecule has 124 valence electrons. The van der Waals surface area contributed by atoms with Gasteiger partial charge in [0.05, 0.1) is 7.05 Å². The van der Waals surface area contributed by atoms with Crippen LogP contribution in [0.15, 0.2) is 30.6 Å². The number of halogens is 1. The van der Waals surface area contributed by atoms with Gasteiger partial charge in [0.2, 0.25) is 6.33 Å². The van der Waals surface area contributed by atoms with Crippen molar-refractivity contribution in [1.29, 1.82) is 0 Å². The van der Waals surface area contributed by atoms with Crippen LogP contribution in [0.5, 0.6) is 0 Å². The monoisotopic (exact) mass is 368 g/mol. The van der Waals surface area contributed by atoms with E-state index in [0.717, 1.165) is 23.9 Å². The van der Waals surface area contributed by atoms with Gasteiger partial charge in [-0.25, -0.2) is 9.13 Å². The van der Waals surface area contributed by atoms with E-state index in [4.69, 9.17) is 0 Å². The van der Waals surface area contributed by atoms with E-state index in [1.807, 2.05) is 30.1 Å². The van der Waals surface area contributed by atoms with E-state index in [2.05, 4.69) is 23.6 Å². The van der Waals surface area contributed by atoms with Crippen LogP contribution in [0.1, 0.15) is 64.5 Å². The number of hydrogen-bond donors (Lipinski definition) is 1. The molecule has 0 aliphatic rings. The minimum atomic E-state index is -0.410. The van der Waals surface area contributed by atoms with Crippen LogP contribution in [0.3, 0.4) is 0 Å². The number of imidazole rings is 1. The van der Waals surface area contributed by atoms with E-state index in [0.29, 0.717) is 0 Å². The number of aryl methyl sites for hydroxylation is 1. The van der Waals surface area contributed by atoms with Gasteiger partial charge in [-0.1, -0.05) is 57.6 Å². The average Bonchev–Trinajstić information content (AvgIpc) is 2.84. The first-order chi connectivity index (χ1) is 10.2. The van der Waals surface area contributed by atoms with E-state index in [-0.39, 0.29) is 17.0 Å². The number of nitrogens with zero attached hydrogens (tertiary/aromatic N) is 2. The predicted octanol–water partition coefficient (Wildman–Crippen LogP) is 1.10. The molecule has 1 unspecified atom stereocenters. The zero-order valence-corrected chi connectivity index (χ0v) is 15.4. The summed E-state index contributed by atoms with van der Waals surface area (Å²) in [4.78, 5) is 0. The van der Waals surface area contributed by atoms with Crippen molar-refractivity contribution in [3.8, 4) is 0 Å². The van der Waals surface area contributed by atoms with Gasteiger partial charge in [0, 0.05) is 6.42 Å². The summed E-state index contributed by atoms with van der Waals surface area (Å²) in [6, 6.07) is 8.23. The summed E-state index contributed by atoms with van der Waals surface area (Å²) in [6.45, 7) is 2.25. The standard InChI is InChI=1S/C18H29N2O.BrH/c1-3-4-5-6-7-8-9-14-18(21)20-15-19(2)16-12-10-11-13-17(16)20;/h10-13,15,18,21H,3-9,14H2,1-2H3;1H/q+1;/p-1. The number of aliphatic hydroxyl groups is 1. The third-order valence-corrected chi connectivity index (χ3v) is 4.22. The van der Waals surface area contributed by atoms with Crippen LogP contribution in [-0.2, 0) is 7.05 Å². The Kier molecular flexibility index (Phi) is 8.72. The van der Waals surface area contributed by atoms with Crippen LogP contribution in [-0.4, -0.2) is 9.67 Å². The summed E-state index contributed by atoms with van der Waals surface area (Å²) in [5.74, 6) is 0. The number of para-hydroxylation sites is 2. The second-order valence-electron chi connectivity index (χ2n) is 6.01. The number of hydrogen-bond acceptors (Lipinski definition) is 1. The van der Waals surface area contributed by atoms with Crippen molar-refractivity contribution in [2.24, 2.45) is 7.05 Å². The molecule has 4 heteroatoms. The molecule has 1 atom stereocenters. The van der Waals surface area contributed by atoms with Crippen molar-refractivity contribution >= 4 is 11.0 Å². The molecule has 2 rings (SSSR count). The molecule has 1 aromatic carbocycles. The molecule has 3 nitrogen and oxygen atoms in total. The highest BCUT2D eigenvalue weighted by Crippen LogP contribution is 2.19. The molecule has 1 aromatic heterocycles. The van der Waals surface area contributed by atoms with Crippen LogP contribution >= 0.6 is 0 Å². The molecule has 0 aliphatic heterocycles. The fraction of sp³-hybridized carbons (Fsp3) is 0.611. The van der Waals surface area contributed by atoms with Gasteiger partial charge in [-0.2, -0.15) is 0 Å². The van der Waals surface area contributed by atoms with Gasteiger partial charge >= 0.3 is 0 Å². The summed E-state index contributed by atoms with van der Waals surface area (Å²) in [5.41, 5.74) is 2.27. The molecule has 2 aromatic rings. The number of rotatable bonds is 9. The van der Waals surface area contributed by atoms with Crippen LogP contribution in [0.4, 0.5) is 0 Å². The highest BCUT2D eigenvalue weighted by atomic mass is 79.9. The van der Waals surface area contributed by atoms with Crippen molar-refractivity contribution in [3.05, 3.63) is 30.6 Å². The van der Waals surface area contributed by atoms with Crippen molar-refractivity contribution in [2.75, 3.05) is 0 Å². The van der Waals surface area contributed by atoms with Crippen LogP contribution < -0.4 is 21.5 Å². The summed E-state index contributed by atoms with van der Waals surface area (Å²) in [7, 11) is 2.03. The van der Waals surface area contributed by atoms with Gasteiger partial charge in [-0.3, -0.25) is 0 Å². The van der Waals surface area contributed by atoms with Gasteiger partial charge < -0.3 is 22.1 Å². The zero-order chi connectivity index (χ0) is 15.1. The Labute approximate surface area is 144 Å². The van der Waals surface area contributed by atoms with Crippen molar-refractivity contribution in [3.63, 3.8) is 0 Å². The Morgan fingerprint density at radius 2 is 1.68 bits per heavy atom. The largest absolute Gasteiger partial charge is 1.00 e. The maximum absolute atomic E-state index is 10.4. The predicted molar refractivity (Wildman–Crippen MR) is 87.0 cm³/mol. The minimum absolute atomic E-state index is 0. The smallest absolute Gasteiger partial charge is 0.246 e. The van der Waals surface area contributed by atoms with E-state index in [1.165, 1.54) is 38.5 Å². The molecule has 0 amide bonds. The second-order valence-corrected chi connectivity index (χ2v) is 6.01. The fourth-order valence-electron chi connectivity index (χ4n) is 2.95. The third kappa shape index (κ3) is 5.10. The van der Waals surface area contributed by atoms with Crippen LogP contribution in [0.25, 0.3) is 11.0 Å². The summed E-state index contributed by atoms with van der Waals surface area (Å²) in [5, 5.41) is 10.4. The fourth-order valence-corrected chi connectivity index (χ4v) is 2.95. The third-order valence-electron chi connectivity index (χ3n) is 4.22. The molecule has 22 heavy (non-hydrogen) atoms. The molecular formula is C18H29BrN2O. The van der Waals surface area contributed by atoms with Gasteiger partial charge in [-0.15, -0.1) is 0 Å². The molecular weight excluding hydrogens is 340 g/mol. The average molecular weight is 369 g/mol. The van der Waals surface area contributed by atoms with Crippen LogP contribution in [0.2, 0.25) is 0 Å². The number of fused-ring (bicyclic) bond motifs is 1. The molecule has 0 saturated carbocycles. The van der Waals surface area contributed by atoms with E-state index >= 15 is 0 Å². The molecule has 0 fully saturated rings. The SMILES string of the molecule is CCCCCCCCCC(O)n1c[n+](C)c2ccccc21.[Br-]. The summed E-state index contributed by atoms with van der Waals surface area (Å²) < 4.78 is 4.07. The zero-order valence-electron chi connectivity index (χ0n) is 13.8. The Morgan fingerprint density at radius 1 is 1.05 bits per heavy atom. The summed E-state index contributed by atoms with van der Waals surface area (Å²) in [6.07, 6.45) is 11.4. The van der Waals surface area contributed by atoms with E-state index < -0.39 is 6.23 Å². The summed E-state index contributed by atoms with van der Waals surface area (Å²) >= 11 is 0. The number of aromatic nitrogens is 2. The van der Waals surface area contributed by atoms with Gasteiger partial charge in [-0.05, 0) is 18.6 Å². The number of unbranched alkanes of at least 4 members (excludes halogenated alkanes) is 6. The molecule has 0 saturated heterocycles. The normalized spacial score (nSPS) is 12.3. The first-order valence-electron chi connectivity index (χ1n) is 8.37. The maximum atomic E-state index is 10.4. The van der Waals surface area contributed by atoms with Crippen molar-refractivity contribution in [2.45, 2.75) is 64.5 Å². The maximum Gasteiger partial charge on any atom is 0.246 e. The Bertz CT molecular complexity index is 553. The molecule has 0 spiro atoms. The van der Waals surface area contributed by atoms with Crippen molar-refractivity contribution in [1.82, 2.24) is 4.57 Å². The Morgan fingerprint density at radius 3 is 2.41 bits per heavy atom. The molecule has 0 aliphatic carbocycles. The molecule has 0 radical (unpaired) electrons. The Hall–Kier alpha value is -0.870. The molecule has 0 bridgehead atoms. The van der Waals surface area contributed by atoms with Gasteiger partial charge in [0.1, 0.15) is 0 Å². The number of aliphatic hydroxyl groups excluding tert-OH is 1. The number of benzene rings is 1. The lowest BCUT2D eigenvalue weighted by Gasteiger charge is -2.07. The second kappa shape index (κ2) is 10.0. The Balaban J connectivity index is 0.00000242. The van der Waals surface area contributed by atoms with Crippen molar-refractivity contribution < 1.29 is 26.7 Å².